The van der Waals surface area contributed by atoms with Gasteiger partial charge in [0.15, 0.2) is 0 Å². The molecule has 1 N–H and O–H groups in total. The molecule has 1 heterocycles. The van der Waals surface area contributed by atoms with Gasteiger partial charge in [-0.1, -0.05) is 54.9 Å². The van der Waals surface area contributed by atoms with Crippen LogP contribution in [0, 0.1) is 10.8 Å². The van der Waals surface area contributed by atoms with Gasteiger partial charge in [0.1, 0.15) is 0 Å². The van der Waals surface area contributed by atoms with E-state index in [-0.39, 0.29) is 10.8 Å². The minimum absolute atomic E-state index is 0.233. The fourth-order valence-corrected chi connectivity index (χ4v) is 3.30. The Morgan fingerprint density at radius 1 is 1.11 bits per heavy atom. The first-order valence-corrected chi connectivity index (χ1v) is 7.89. The number of hydrazine groups is 1. The summed E-state index contributed by atoms with van der Waals surface area (Å²) in [6.45, 7) is 18.4. The molecule has 3 heteroatoms. The minimum Gasteiger partial charge on any atom is -0.230 e. The molecular weight excluding hydrogens is 240 g/mol. The second-order valence-electron chi connectivity index (χ2n) is 7.28. The van der Waals surface area contributed by atoms with E-state index < -0.39 is 0 Å². The molecule has 0 amide bonds. The first-order chi connectivity index (χ1) is 8.16. The van der Waals surface area contributed by atoms with E-state index >= 15 is 0 Å². The van der Waals surface area contributed by atoms with Crippen LogP contribution in [0.25, 0.3) is 0 Å². The molecule has 0 saturated carbocycles. The van der Waals surface area contributed by atoms with Crippen molar-refractivity contribution >= 4 is 11.9 Å². The Labute approximate surface area is 118 Å². The Bertz CT molecular complexity index is 307. The summed E-state index contributed by atoms with van der Waals surface area (Å²) < 4.78 is 0. The topological polar surface area (TPSA) is 15.3 Å². The van der Waals surface area contributed by atoms with Crippen molar-refractivity contribution in [3.8, 4) is 0 Å². The van der Waals surface area contributed by atoms with Gasteiger partial charge in [0.05, 0.1) is 0 Å². The largest absolute Gasteiger partial charge is 0.230 e. The Balaban J connectivity index is 2.93. The smallest absolute Gasteiger partial charge is 0.0366 e. The summed E-state index contributed by atoms with van der Waals surface area (Å²) in [4.78, 5) is 5.02. The number of nitrogens with zero attached hydrogens (tertiary/aromatic N) is 1. The molecule has 0 unspecified atom stereocenters. The van der Waals surface area contributed by atoms with Crippen LogP contribution in [0.1, 0.15) is 61.3 Å². The van der Waals surface area contributed by atoms with Crippen LogP contribution in [-0.2, 0) is 0 Å². The first-order valence-electron chi connectivity index (χ1n) is 7.07. The van der Waals surface area contributed by atoms with Crippen LogP contribution < -0.4 is 4.83 Å². The van der Waals surface area contributed by atoms with Crippen LogP contribution in [0.15, 0.2) is 10.5 Å². The highest BCUT2D eigenvalue weighted by atomic mass is 32.2. The lowest BCUT2D eigenvalue weighted by Crippen LogP contribution is -2.43. The molecule has 0 fully saturated rings. The maximum absolute atomic E-state index is 3.50. The van der Waals surface area contributed by atoms with E-state index in [0.717, 1.165) is 13.1 Å². The molecule has 1 aliphatic heterocycles. The maximum Gasteiger partial charge on any atom is 0.0366 e. The molecule has 0 aliphatic carbocycles. The van der Waals surface area contributed by atoms with E-state index in [1.165, 1.54) is 17.7 Å². The van der Waals surface area contributed by atoms with Crippen LogP contribution in [0.2, 0.25) is 0 Å². The molecule has 0 radical (unpaired) electrons. The number of hydrogen-bond acceptors (Lipinski definition) is 3. The van der Waals surface area contributed by atoms with E-state index in [9.17, 15) is 0 Å². The van der Waals surface area contributed by atoms with E-state index in [2.05, 4.69) is 58.3 Å². The van der Waals surface area contributed by atoms with Gasteiger partial charge in [0, 0.05) is 18.0 Å². The van der Waals surface area contributed by atoms with Crippen LogP contribution in [-0.4, -0.2) is 18.1 Å². The monoisotopic (exact) mass is 270 g/mol. The zero-order valence-corrected chi connectivity index (χ0v) is 14.0. The predicted molar refractivity (Wildman–Crippen MR) is 83.1 cm³/mol. The lowest BCUT2D eigenvalue weighted by molar-refractivity contribution is 0.241. The Kier molecular flexibility index (Phi) is 5.33. The predicted octanol–water partition coefficient (Wildman–Crippen LogP) is 4.60. The summed E-state index contributed by atoms with van der Waals surface area (Å²) in [6.07, 6.45) is 2.51. The fourth-order valence-electron chi connectivity index (χ4n) is 2.12. The molecule has 2 nitrogen and oxygen atoms in total. The highest BCUT2D eigenvalue weighted by Gasteiger charge is 2.32. The molecule has 0 saturated heterocycles. The van der Waals surface area contributed by atoms with Crippen LogP contribution in [0.5, 0.6) is 0 Å². The summed E-state index contributed by atoms with van der Waals surface area (Å²) in [5.74, 6) is 0. The van der Waals surface area contributed by atoms with Gasteiger partial charge in [0.2, 0.25) is 0 Å². The summed E-state index contributed by atoms with van der Waals surface area (Å²) in [6, 6.07) is 0. The van der Waals surface area contributed by atoms with Crippen molar-refractivity contribution in [2.45, 2.75) is 61.3 Å². The Hall–Kier alpha value is 0.01000. The number of hydrogen-bond donors (Lipinski definition) is 1. The first kappa shape index (κ1) is 16.1. The maximum atomic E-state index is 3.50. The number of rotatable bonds is 3. The van der Waals surface area contributed by atoms with Crippen molar-refractivity contribution in [1.82, 2.24) is 9.84 Å². The van der Waals surface area contributed by atoms with Gasteiger partial charge in [-0.3, -0.25) is 0 Å². The molecule has 0 spiro atoms. The highest BCUT2D eigenvalue weighted by molar-refractivity contribution is 8.01. The van der Waals surface area contributed by atoms with Gasteiger partial charge >= 0.3 is 0 Å². The van der Waals surface area contributed by atoms with Gasteiger partial charge in [-0.05, 0) is 34.8 Å². The zero-order valence-electron chi connectivity index (χ0n) is 13.2. The van der Waals surface area contributed by atoms with Crippen LogP contribution in [0.3, 0.4) is 0 Å². The van der Waals surface area contributed by atoms with Crippen molar-refractivity contribution in [3.63, 3.8) is 0 Å². The van der Waals surface area contributed by atoms with Crippen molar-refractivity contribution in [2.24, 2.45) is 10.8 Å². The molecule has 106 valence electrons. The van der Waals surface area contributed by atoms with Crippen LogP contribution >= 0.6 is 11.9 Å². The summed E-state index contributed by atoms with van der Waals surface area (Å²) >= 11 is 1.82. The van der Waals surface area contributed by atoms with E-state index in [1.54, 1.807) is 5.57 Å². The van der Waals surface area contributed by atoms with Crippen molar-refractivity contribution in [2.75, 3.05) is 13.1 Å². The molecule has 0 aromatic rings. The molecule has 1 aliphatic rings. The summed E-state index contributed by atoms with van der Waals surface area (Å²) in [7, 11) is 0. The zero-order chi connectivity index (χ0) is 14.0. The van der Waals surface area contributed by atoms with Gasteiger partial charge in [-0.15, -0.1) is 0 Å². The highest BCUT2D eigenvalue weighted by Crippen LogP contribution is 2.44. The van der Waals surface area contributed by atoms with E-state index in [4.69, 9.17) is 0 Å². The lowest BCUT2D eigenvalue weighted by atomic mass is 9.80. The summed E-state index contributed by atoms with van der Waals surface area (Å²) in [5.41, 5.74) is 2.08. The third kappa shape index (κ3) is 4.29. The third-order valence-corrected chi connectivity index (χ3v) is 4.68. The average Bonchev–Trinajstić information content (AvgIpc) is 2.23. The normalized spacial score (nSPS) is 19.5. The Morgan fingerprint density at radius 2 is 1.72 bits per heavy atom. The number of nitrogens with one attached hydrogen (secondary N) is 1. The molecular formula is C15H30N2S. The van der Waals surface area contributed by atoms with Gasteiger partial charge in [-0.25, -0.2) is 5.01 Å². The van der Waals surface area contributed by atoms with Gasteiger partial charge in [-0.2, -0.15) is 4.83 Å². The van der Waals surface area contributed by atoms with Crippen molar-refractivity contribution < 1.29 is 0 Å². The third-order valence-electron chi connectivity index (χ3n) is 3.27. The summed E-state index contributed by atoms with van der Waals surface area (Å²) in [5, 5.41) is 2.37. The molecule has 18 heavy (non-hydrogen) atoms. The second kappa shape index (κ2) is 5.98. The van der Waals surface area contributed by atoms with E-state index in [0.29, 0.717) is 0 Å². The SMILES string of the molecule is CCCCN1CC(C(C)(C)C)=C(C(C)(C)C)SN1. The van der Waals surface area contributed by atoms with Crippen molar-refractivity contribution in [1.29, 1.82) is 0 Å². The lowest BCUT2D eigenvalue weighted by Gasteiger charge is -2.40. The quantitative estimate of drug-likeness (QED) is 0.754. The molecule has 0 bridgehead atoms. The van der Waals surface area contributed by atoms with Crippen molar-refractivity contribution in [3.05, 3.63) is 10.5 Å². The van der Waals surface area contributed by atoms with E-state index in [1.807, 2.05) is 11.9 Å². The molecule has 1 rings (SSSR count). The fraction of sp³-hybridized carbons (Fsp3) is 0.867. The standard InChI is InChI=1S/C15H30N2S/c1-8-9-10-17-11-12(14(2,3)4)13(18-16-17)15(5,6)7/h16H,8-11H2,1-7H3. The Morgan fingerprint density at radius 3 is 2.17 bits per heavy atom. The van der Waals surface area contributed by atoms with Gasteiger partial charge in [0.25, 0.3) is 0 Å². The minimum atomic E-state index is 0.233. The molecule has 0 aromatic heterocycles. The number of allylic oxidation sites excluding steroid dienone is 1. The average molecular weight is 270 g/mol. The van der Waals surface area contributed by atoms with Crippen LogP contribution in [0.4, 0.5) is 0 Å². The molecule has 0 aromatic carbocycles. The number of unbranched alkanes of at least 4 members (excludes halogenated alkanes) is 1. The second-order valence-corrected chi connectivity index (χ2v) is 8.07. The molecule has 0 atom stereocenters. The van der Waals surface area contributed by atoms with Gasteiger partial charge < -0.3 is 0 Å².